The molecule has 1 unspecified atom stereocenters. The van der Waals surface area contributed by atoms with Crippen molar-refractivity contribution >= 4 is 35.7 Å². The van der Waals surface area contributed by atoms with Crippen molar-refractivity contribution in [3.8, 4) is 0 Å². The zero-order valence-electron chi connectivity index (χ0n) is 15.5. The van der Waals surface area contributed by atoms with Crippen LogP contribution < -0.4 is 5.32 Å². The lowest BCUT2D eigenvalue weighted by molar-refractivity contribution is -0.401. The first-order chi connectivity index (χ1) is 12.8. The Hall–Kier alpha value is -2.25. The minimum absolute atomic E-state index is 0.0128. The first kappa shape index (κ1) is 19.5. The molecule has 0 aliphatic carbocycles. The number of hydrogen-bond acceptors (Lipinski definition) is 4. The first-order valence-corrected chi connectivity index (χ1v) is 9.40. The Labute approximate surface area is 163 Å². The zero-order valence-corrected chi connectivity index (χ0v) is 16.3. The summed E-state index contributed by atoms with van der Waals surface area (Å²) in [6.07, 6.45) is 3.53. The average molecular weight is 392 g/mol. The molecule has 1 aromatic rings. The molecule has 8 heteroatoms. The molecule has 1 N–H and O–H groups in total. The van der Waals surface area contributed by atoms with Crippen LogP contribution in [0.4, 0.5) is 4.79 Å². The maximum absolute atomic E-state index is 12.4. The van der Waals surface area contributed by atoms with Gasteiger partial charge in [0.15, 0.2) is 6.04 Å². The van der Waals surface area contributed by atoms with Crippen molar-refractivity contribution in [2.24, 2.45) is 0 Å². The number of amides is 4. The summed E-state index contributed by atoms with van der Waals surface area (Å²) >= 11 is 5.86. The number of urea groups is 1. The normalized spacial score (nSPS) is 22.0. The first-order valence-electron chi connectivity index (χ1n) is 9.02. The molecule has 0 aromatic heterocycles. The maximum atomic E-state index is 12.4. The van der Waals surface area contributed by atoms with Gasteiger partial charge in [0.2, 0.25) is 5.91 Å². The number of piperidine rings is 1. The van der Waals surface area contributed by atoms with Crippen molar-refractivity contribution in [2.45, 2.75) is 31.3 Å². The molecule has 1 atom stereocenters. The van der Waals surface area contributed by atoms with Crippen molar-refractivity contribution < 1.29 is 19.0 Å². The number of hydrogen-bond donors (Lipinski definition) is 1. The molecule has 0 radical (unpaired) electrons. The van der Waals surface area contributed by atoms with Crippen molar-refractivity contribution in [1.29, 1.82) is 0 Å². The summed E-state index contributed by atoms with van der Waals surface area (Å²) in [6, 6.07) is 6.60. The Bertz CT molecular complexity index is 770. The number of imide groups is 1. The smallest absolute Gasteiger partial charge is 0.353 e. The van der Waals surface area contributed by atoms with Crippen molar-refractivity contribution in [2.75, 3.05) is 27.2 Å². The number of likely N-dealkylation sites (N-methyl/N-ethyl adjacent to an activating group) is 1. The lowest BCUT2D eigenvalue weighted by Gasteiger charge is -2.36. The highest BCUT2D eigenvalue weighted by molar-refractivity contribution is 6.30. The summed E-state index contributed by atoms with van der Waals surface area (Å²) in [5.41, 5.74) is 0.924. The summed E-state index contributed by atoms with van der Waals surface area (Å²) < 4.78 is 1.45. The summed E-state index contributed by atoms with van der Waals surface area (Å²) in [4.78, 5) is 39.7. The topological polar surface area (TPSA) is 72.7 Å². The molecule has 27 heavy (non-hydrogen) atoms. The van der Waals surface area contributed by atoms with Crippen LogP contribution >= 0.6 is 11.6 Å². The number of halogens is 1. The van der Waals surface area contributed by atoms with Gasteiger partial charge in [-0.25, -0.2) is 9.37 Å². The van der Waals surface area contributed by atoms with Crippen LogP contribution in [0, 0.1) is 0 Å². The lowest BCUT2D eigenvalue weighted by Crippen LogP contribution is -2.59. The van der Waals surface area contributed by atoms with Crippen LogP contribution in [0.1, 0.15) is 18.4 Å². The highest BCUT2D eigenvalue weighted by Crippen LogP contribution is 2.16. The van der Waals surface area contributed by atoms with Gasteiger partial charge in [0.1, 0.15) is 6.21 Å². The van der Waals surface area contributed by atoms with Crippen LogP contribution in [0.15, 0.2) is 24.3 Å². The van der Waals surface area contributed by atoms with E-state index in [0.717, 1.165) is 23.3 Å². The Balaban J connectivity index is 1.51. The second-order valence-electron chi connectivity index (χ2n) is 7.07. The zero-order chi connectivity index (χ0) is 19.6. The third-order valence-corrected chi connectivity index (χ3v) is 5.36. The molecule has 2 heterocycles. The molecule has 1 fully saturated rings. The predicted molar refractivity (Wildman–Crippen MR) is 102 cm³/mol. The van der Waals surface area contributed by atoms with Crippen LogP contribution in [0.25, 0.3) is 0 Å². The monoisotopic (exact) mass is 391 g/mol. The minimum Gasteiger partial charge on any atom is -0.353 e. The Morgan fingerprint density at radius 1 is 1.22 bits per heavy atom. The van der Waals surface area contributed by atoms with Gasteiger partial charge < -0.3 is 5.32 Å². The van der Waals surface area contributed by atoms with Gasteiger partial charge in [-0.2, -0.15) is 9.69 Å². The second kappa shape index (κ2) is 8.19. The molecule has 7 nitrogen and oxygen atoms in total. The highest BCUT2D eigenvalue weighted by atomic mass is 35.5. The Kier molecular flexibility index (Phi) is 5.92. The fraction of sp³-hybridized carbons (Fsp3) is 0.474. The summed E-state index contributed by atoms with van der Waals surface area (Å²) in [5, 5.41) is 3.72. The number of nitrogens with zero attached hydrogens (tertiary/aromatic N) is 3. The number of carbonyl (C=O) groups is 3. The van der Waals surface area contributed by atoms with Gasteiger partial charge in [0, 0.05) is 24.2 Å². The van der Waals surface area contributed by atoms with E-state index in [1.54, 1.807) is 25.4 Å². The third kappa shape index (κ3) is 4.54. The molecule has 2 aliphatic heterocycles. The molecule has 3 rings (SSSR count). The summed E-state index contributed by atoms with van der Waals surface area (Å²) in [5.74, 6) is -0.218. The second-order valence-corrected chi connectivity index (χ2v) is 7.50. The molecule has 1 aromatic carbocycles. The quantitative estimate of drug-likeness (QED) is 0.781. The largest absolute Gasteiger partial charge is 0.500 e. The molecule has 0 spiro atoms. The van der Waals surface area contributed by atoms with Gasteiger partial charge in [0.25, 0.3) is 0 Å². The van der Waals surface area contributed by atoms with Gasteiger partial charge in [-0.3, -0.25) is 9.69 Å². The SMILES string of the molecule is CN1C(=O)C(N2CCC(NC(=O)Cc3ccc(Cl)cc3)CC2)C=[N+](C)C1=O. The van der Waals surface area contributed by atoms with E-state index in [9.17, 15) is 14.4 Å². The van der Waals surface area contributed by atoms with Crippen LogP contribution in [-0.2, 0) is 16.0 Å². The number of likely N-dealkylation sites (tertiary alicyclic amines) is 1. The molecule has 2 aliphatic rings. The highest BCUT2D eigenvalue weighted by Gasteiger charge is 2.42. The van der Waals surface area contributed by atoms with E-state index < -0.39 is 6.04 Å². The van der Waals surface area contributed by atoms with Gasteiger partial charge in [-0.05, 0) is 30.5 Å². The number of rotatable bonds is 4. The van der Waals surface area contributed by atoms with E-state index in [0.29, 0.717) is 24.5 Å². The summed E-state index contributed by atoms with van der Waals surface area (Å²) in [7, 11) is 3.16. The predicted octanol–water partition coefficient (Wildman–Crippen LogP) is 1.14. The van der Waals surface area contributed by atoms with E-state index in [1.165, 1.54) is 11.6 Å². The van der Waals surface area contributed by atoms with Gasteiger partial charge in [-0.15, -0.1) is 0 Å². The molecule has 1 saturated heterocycles. The number of nitrogens with one attached hydrogen (secondary N) is 1. The Morgan fingerprint density at radius 2 is 1.85 bits per heavy atom. The molecular weight excluding hydrogens is 368 g/mol. The van der Waals surface area contributed by atoms with Gasteiger partial charge >= 0.3 is 11.9 Å². The maximum Gasteiger partial charge on any atom is 0.500 e. The van der Waals surface area contributed by atoms with Crippen LogP contribution in [0.2, 0.25) is 5.02 Å². The van der Waals surface area contributed by atoms with Crippen molar-refractivity contribution in [1.82, 2.24) is 15.1 Å². The van der Waals surface area contributed by atoms with Crippen molar-refractivity contribution in [3.63, 3.8) is 0 Å². The standard InChI is InChI=1S/C19H23ClN4O3/c1-22-12-16(18(26)23(2)19(22)27)24-9-7-15(8-10-24)21-17(25)11-13-3-5-14(20)6-4-13/h3-6,12,15-16H,7-11H2,1-2H3/p+1. The van der Waals surface area contributed by atoms with Crippen LogP contribution in [0.3, 0.4) is 0 Å². The van der Waals surface area contributed by atoms with Gasteiger partial charge in [0.05, 0.1) is 20.5 Å². The lowest BCUT2D eigenvalue weighted by atomic mass is 10.0. The summed E-state index contributed by atoms with van der Waals surface area (Å²) in [6.45, 7) is 1.38. The molecule has 0 bridgehead atoms. The third-order valence-electron chi connectivity index (χ3n) is 5.10. The van der Waals surface area contributed by atoms with Crippen LogP contribution in [0.5, 0.6) is 0 Å². The van der Waals surface area contributed by atoms with E-state index in [4.69, 9.17) is 11.6 Å². The minimum atomic E-state index is -0.427. The van der Waals surface area contributed by atoms with Gasteiger partial charge in [-0.1, -0.05) is 23.7 Å². The fourth-order valence-electron chi connectivity index (χ4n) is 3.51. The fourth-order valence-corrected chi connectivity index (χ4v) is 3.63. The molecule has 4 amide bonds. The molecular formula is C19H24ClN4O3+. The Morgan fingerprint density at radius 3 is 2.48 bits per heavy atom. The van der Waals surface area contributed by atoms with E-state index >= 15 is 0 Å². The van der Waals surface area contributed by atoms with Crippen molar-refractivity contribution in [3.05, 3.63) is 34.9 Å². The number of carbonyl (C=O) groups excluding carboxylic acids is 3. The van der Waals surface area contributed by atoms with E-state index in [-0.39, 0.29) is 23.9 Å². The van der Waals surface area contributed by atoms with E-state index in [2.05, 4.69) is 10.2 Å². The number of benzene rings is 1. The van der Waals surface area contributed by atoms with E-state index in [1.807, 2.05) is 12.1 Å². The molecule has 0 saturated carbocycles. The van der Waals surface area contributed by atoms with Crippen LogP contribution in [-0.4, -0.2) is 77.7 Å². The average Bonchev–Trinajstić information content (AvgIpc) is 2.65. The molecule has 144 valence electrons.